The van der Waals surface area contributed by atoms with E-state index in [-0.39, 0.29) is 37.5 Å². The summed E-state index contributed by atoms with van der Waals surface area (Å²) in [5, 5.41) is 0. The van der Waals surface area contributed by atoms with Crippen LogP contribution in [0, 0.1) is 0 Å². The van der Waals surface area contributed by atoms with Gasteiger partial charge >= 0.3 is 17.9 Å². The average molecular weight is 1060 g/mol. The number of ether oxygens (including phenoxy) is 3. The van der Waals surface area contributed by atoms with Crippen molar-refractivity contribution in [2.24, 2.45) is 0 Å². The SMILES string of the molecule is CC/C=C\C/C=C\C/C=C\C/C=C\C/C=C\C/C=C\C/C=C\C/C=C\CCCCC(=O)OCC(COC(=O)CCCCCCC/C=C\C/C=C\CCC)OC(=O)CCCCCCCC/C=C\C/C=C\C/C=C\C/C=C\CC. The molecule has 0 aromatic heterocycles. The number of rotatable bonds is 53. The second-order valence-electron chi connectivity index (χ2n) is 19.5. The molecule has 1 unspecified atom stereocenters. The first-order chi connectivity index (χ1) is 38.0. The number of allylic oxidation sites excluding steroid dienone is 28. The highest BCUT2D eigenvalue weighted by molar-refractivity contribution is 5.71. The molecule has 0 heterocycles. The van der Waals surface area contributed by atoms with Crippen LogP contribution < -0.4 is 0 Å². The Labute approximate surface area is 472 Å². The highest BCUT2D eigenvalue weighted by Gasteiger charge is 2.19. The van der Waals surface area contributed by atoms with E-state index in [0.717, 1.165) is 173 Å². The van der Waals surface area contributed by atoms with Crippen molar-refractivity contribution in [3.63, 3.8) is 0 Å². The van der Waals surface area contributed by atoms with Crippen LogP contribution >= 0.6 is 0 Å². The molecule has 0 bridgehead atoms. The Balaban J connectivity index is 4.50. The van der Waals surface area contributed by atoms with Crippen LogP contribution in [0.5, 0.6) is 0 Å². The summed E-state index contributed by atoms with van der Waals surface area (Å²) in [7, 11) is 0. The Hall–Kier alpha value is -5.23. The Kier molecular flexibility index (Phi) is 59.0. The molecule has 77 heavy (non-hydrogen) atoms. The van der Waals surface area contributed by atoms with Crippen molar-refractivity contribution in [2.45, 2.75) is 245 Å². The van der Waals surface area contributed by atoms with E-state index in [4.69, 9.17) is 14.2 Å². The van der Waals surface area contributed by atoms with Crippen LogP contribution in [0.4, 0.5) is 0 Å². The predicted octanol–water partition coefficient (Wildman–Crippen LogP) is 21.1. The molecular weight excluding hydrogens is 949 g/mol. The molecule has 0 amide bonds. The van der Waals surface area contributed by atoms with Crippen LogP contribution in [0.3, 0.4) is 0 Å². The minimum Gasteiger partial charge on any atom is -0.462 e. The molecule has 0 aliphatic rings. The number of esters is 3. The monoisotopic (exact) mass is 1060 g/mol. The summed E-state index contributed by atoms with van der Waals surface area (Å²) >= 11 is 0. The number of unbranched alkanes of at least 4 members (excludes halogenated alkanes) is 14. The van der Waals surface area contributed by atoms with Gasteiger partial charge in [-0.15, -0.1) is 0 Å². The summed E-state index contributed by atoms with van der Waals surface area (Å²) < 4.78 is 16.8. The van der Waals surface area contributed by atoms with Crippen LogP contribution in [0.1, 0.15) is 239 Å². The second kappa shape index (κ2) is 63.3. The number of hydrogen-bond donors (Lipinski definition) is 0. The average Bonchev–Trinajstić information content (AvgIpc) is 3.43. The van der Waals surface area contributed by atoms with Gasteiger partial charge in [-0.3, -0.25) is 14.4 Å². The highest BCUT2D eigenvalue weighted by atomic mass is 16.6. The van der Waals surface area contributed by atoms with E-state index >= 15 is 0 Å². The summed E-state index contributed by atoms with van der Waals surface area (Å²) in [5.74, 6) is -0.994. The minimum absolute atomic E-state index is 0.113. The largest absolute Gasteiger partial charge is 0.462 e. The van der Waals surface area contributed by atoms with E-state index in [1.807, 2.05) is 0 Å². The van der Waals surface area contributed by atoms with Gasteiger partial charge < -0.3 is 14.2 Å². The lowest BCUT2D eigenvalue weighted by Crippen LogP contribution is -2.30. The second-order valence-corrected chi connectivity index (χ2v) is 19.5. The Morgan fingerprint density at radius 2 is 0.506 bits per heavy atom. The number of carbonyl (C=O) groups is 3. The lowest BCUT2D eigenvalue weighted by molar-refractivity contribution is -0.167. The molecule has 0 N–H and O–H groups in total. The molecule has 430 valence electrons. The molecule has 0 aliphatic heterocycles. The quantitative estimate of drug-likeness (QED) is 0.0261. The predicted molar refractivity (Wildman–Crippen MR) is 334 cm³/mol. The molecule has 1 atom stereocenters. The summed E-state index contributed by atoms with van der Waals surface area (Å²) in [4.78, 5) is 38.2. The lowest BCUT2D eigenvalue weighted by atomic mass is 10.1. The van der Waals surface area contributed by atoms with Gasteiger partial charge in [0.2, 0.25) is 0 Å². The molecule has 0 spiro atoms. The first kappa shape index (κ1) is 71.8. The summed E-state index contributed by atoms with van der Waals surface area (Å²) in [6.07, 6.45) is 93.5. The van der Waals surface area contributed by atoms with Crippen molar-refractivity contribution >= 4 is 17.9 Å². The highest BCUT2D eigenvalue weighted by Crippen LogP contribution is 2.13. The molecule has 0 rings (SSSR count). The topological polar surface area (TPSA) is 78.9 Å². The summed E-state index contributed by atoms with van der Waals surface area (Å²) in [5.41, 5.74) is 0. The van der Waals surface area contributed by atoms with Crippen molar-refractivity contribution in [2.75, 3.05) is 13.2 Å². The third-order valence-corrected chi connectivity index (χ3v) is 12.2. The Morgan fingerprint density at radius 3 is 0.818 bits per heavy atom. The molecule has 6 nitrogen and oxygen atoms in total. The molecule has 0 radical (unpaired) electrons. The number of hydrogen-bond acceptors (Lipinski definition) is 6. The van der Waals surface area contributed by atoms with Crippen LogP contribution in [-0.4, -0.2) is 37.2 Å². The van der Waals surface area contributed by atoms with E-state index in [1.54, 1.807) is 0 Å². The first-order valence-corrected chi connectivity index (χ1v) is 30.6. The molecule has 6 heteroatoms. The van der Waals surface area contributed by atoms with Crippen molar-refractivity contribution in [3.05, 3.63) is 170 Å². The molecule has 0 saturated heterocycles. The standard InChI is InChI=1S/C71H110O6/c1-4-7-10-13-16-19-22-25-27-29-31-32-33-34-35-36-37-38-40-41-43-46-49-52-55-58-61-64-70(73)76-67-68(66-75-69(72)63-60-57-54-51-48-45-24-21-18-15-12-9-6-3)77-71(74)65-62-59-56-53-50-47-44-42-39-30-28-26-23-20-17-14-11-8-5-2/h7-8,10-12,15-17,19-21,24-28,31-32,34-35,37-39,41-43,49,52,68H,4-6,9,13-14,18,22-23,29-30,33,36,40,44-48,50-51,53-67H2,1-3H3/b10-7-,11-8-,15-12-,19-16-,20-17-,24-21-,27-25-,28-26-,32-31-,35-34-,38-37-,42-39-,43-41-,52-49-. The van der Waals surface area contributed by atoms with Crippen molar-refractivity contribution in [1.82, 2.24) is 0 Å². The molecule has 0 fully saturated rings. The first-order valence-electron chi connectivity index (χ1n) is 30.6. The van der Waals surface area contributed by atoms with Crippen LogP contribution in [0.25, 0.3) is 0 Å². The van der Waals surface area contributed by atoms with E-state index in [1.165, 1.54) is 19.3 Å². The number of carbonyl (C=O) groups excluding carboxylic acids is 3. The van der Waals surface area contributed by atoms with Crippen molar-refractivity contribution in [3.8, 4) is 0 Å². The van der Waals surface area contributed by atoms with E-state index in [2.05, 4.69) is 191 Å². The van der Waals surface area contributed by atoms with Gasteiger partial charge in [-0.25, -0.2) is 0 Å². The third kappa shape index (κ3) is 61.5. The van der Waals surface area contributed by atoms with Crippen molar-refractivity contribution < 1.29 is 28.6 Å². The van der Waals surface area contributed by atoms with Crippen molar-refractivity contribution in [1.29, 1.82) is 0 Å². The minimum atomic E-state index is -0.820. The Morgan fingerprint density at radius 1 is 0.273 bits per heavy atom. The van der Waals surface area contributed by atoms with Gasteiger partial charge in [-0.2, -0.15) is 0 Å². The maximum absolute atomic E-state index is 12.9. The van der Waals surface area contributed by atoms with Gasteiger partial charge in [0.05, 0.1) is 0 Å². The van der Waals surface area contributed by atoms with Crippen LogP contribution in [0.15, 0.2) is 170 Å². The van der Waals surface area contributed by atoms with E-state index in [9.17, 15) is 14.4 Å². The van der Waals surface area contributed by atoms with Gasteiger partial charge in [0.1, 0.15) is 13.2 Å². The molecule has 0 aliphatic carbocycles. The lowest BCUT2D eigenvalue weighted by Gasteiger charge is -2.18. The Bertz CT molecular complexity index is 1790. The van der Waals surface area contributed by atoms with E-state index < -0.39 is 6.10 Å². The van der Waals surface area contributed by atoms with Gasteiger partial charge in [0.15, 0.2) is 6.10 Å². The van der Waals surface area contributed by atoms with Gasteiger partial charge in [-0.1, -0.05) is 242 Å². The molecule has 0 aromatic rings. The van der Waals surface area contributed by atoms with Gasteiger partial charge in [0.25, 0.3) is 0 Å². The summed E-state index contributed by atoms with van der Waals surface area (Å²) in [6, 6.07) is 0. The smallest absolute Gasteiger partial charge is 0.306 e. The summed E-state index contributed by atoms with van der Waals surface area (Å²) in [6.45, 7) is 6.27. The van der Waals surface area contributed by atoms with Gasteiger partial charge in [-0.05, 0) is 148 Å². The fourth-order valence-electron chi connectivity index (χ4n) is 7.66. The third-order valence-electron chi connectivity index (χ3n) is 12.2. The van der Waals surface area contributed by atoms with Gasteiger partial charge in [0, 0.05) is 19.3 Å². The fourth-order valence-corrected chi connectivity index (χ4v) is 7.66. The van der Waals surface area contributed by atoms with E-state index in [0.29, 0.717) is 19.3 Å². The van der Waals surface area contributed by atoms with Crippen LogP contribution in [-0.2, 0) is 28.6 Å². The molecular formula is C71H110O6. The normalized spacial score (nSPS) is 13.3. The zero-order chi connectivity index (χ0) is 55.7. The zero-order valence-electron chi connectivity index (χ0n) is 49.1. The maximum atomic E-state index is 12.9. The fraction of sp³-hybridized carbons (Fsp3) is 0.563. The molecule has 0 saturated carbocycles. The zero-order valence-corrected chi connectivity index (χ0v) is 49.1. The maximum Gasteiger partial charge on any atom is 0.306 e. The molecule has 0 aromatic carbocycles. The van der Waals surface area contributed by atoms with Crippen LogP contribution in [0.2, 0.25) is 0 Å².